The van der Waals surface area contributed by atoms with Crippen LogP contribution in [0.1, 0.15) is 42.2 Å². The van der Waals surface area contributed by atoms with Gasteiger partial charge in [-0.05, 0) is 61.9 Å². The number of carbonyl (C=O) groups is 2. The zero-order valence-corrected chi connectivity index (χ0v) is 18.7. The van der Waals surface area contributed by atoms with Gasteiger partial charge >= 0.3 is 0 Å². The monoisotopic (exact) mass is 437 g/mol. The summed E-state index contributed by atoms with van der Waals surface area (Å²) in [7, 11) is 0. The van der Waals surface area contributed by atoms with E-state index < -0.39 is 0 Å². The molecule has 2 saturated heterocycles. The molecule has 2 aromatic rings. The summed E-state index contributed by atoms with van der Waals surface area (Å²) < 4.78 is 0. The molecule has 0 spiro atoms. The maximum absolute atomic E-state index is 12.8. The van der Waals surface area contributed by atoms with Crippen molar-refractivity contribution < 1.29 is 9.59 Å². The van der Waals surface area contributed by atoms with Crippen LogP contribution in [0.5, 0.6) is 0 Å². The van der Waals surface area contributed by atoms with Gasteiger partial charge in [-0.15, -0.1) is 11.3 Å². The summed E-state index contributed by atoms with van der Waals surface area (Å²) in [6, 6.07) is 14.4. The molecule has 2 amide bonds. The third kappa shape index (κ3) is 5.83. The molecular weight excluding hydrogens is 406 g/mol. The number of amides is 2. The van der Waals surface area contributed by atoms with Crippen LogP contribution in [0.15, 0.2) is 53.9 Å². The van der Waals surface area contributed by atoms with Gasteiger partial charge in [0.1, 0.15) is 0 Å². The fourth-order valence-electron chi connectivity index (χ4n) is 4.48. The molecule has 1 aromatic carbocycles. The predicted octanol–water partition coefficient (Wildman–Crippen LogP) is 3.95. The normalized spacial score (nSPS) is 19.0. The molecule has 5 nitrogen and oxygen atoms in total. The molecule has 3 heterocycles. The van der Waals surface area contributed by atoms with Crippen molar-refractivity contribution in [1.82, 2.24) is 15.1 Å². The highest BCUT2D eigenvalue weighted by atomic mass is 32.1. The van der Waals surface area contributed by atoms with Gasteiger partial charge in [0.05, 0.1) is 6.04 Å². The Morgan fingerprint density at radius 3 is 2.45 bits per heavy atom. The zero-order chi connectivity index (χ0) is 21.5. The van der Waals surface area contributed by atoms with E-state index in [-0.39, 0.29) is 23.8 Å². The fourth-order valence-corrected chi connectivity index (χ4v) is 5.35. The molecular formula is C25H31N3O2S. The Hall–Kier alpha value is -2.44. The largest absolute Gasteiger partial charge is 0.354 e. The molecule has 1 aromatic heterocycles. The Morgan fingerprint density at radius 1 is 1.03 bits per heavy atom. The maximum atomic E-state index is 12.8. The second-order valence-electron chi connectivity index (χ2n) is 8.36. The van der Waals surface area contributed by atoms with E-state index in [9.17, 15) is 9.59 Å². The standard InChI is InChI=1S/C25H31N3O2S/c29-24(11-10-20-7-2-1-3-8-20)28-16-12-21(13-17-28)25(30)26-19-22(23-9-6-18-31-23)27-14-4-5-15-27/h1-3,6-11,18,21-22H,4-5,12-17,19H2,(H,26,30)/b11-10+. The van der Waals surface area contributed by atoms with Crippen molar-refractivity contribution in [3.8, 4) is 0 Å². The van der Waals surface area contributed by atoms with Crippen molar-refractivity contribution in [3.05, 3.63) is 64.4 Å². The second-order valence-corrected chi connectivity index (χ2v) is 9.34. The Kier molecular flexibility index (Phi) is 7.54. The summed E-state index contributed by atoms with van der Waals surface area (Å²) in [6.45, 7) is 4.15. The Balaban J connectivity index is 1.25. The van der Waals surface area contributed by atoms with Gasteiger partial charge in [-0.3, -0.25) is 14.5 Å². The third-order valence-electron chi connectivity index (χ3n) is 6.32. The number of likely N-dealkylation sites (tertiary alicyclic amines) is 2. The lowest BCUT2D eigenvalue weighted by molar-refractivity contribution is -0.132. The van der Waals surface area contributed by atoms with E-state index in [1.807, 2.05) is 41.3 Å². The van der Waals surface area contributed by atoms with Gasteiger partial charge in [-0.25, -0.2) is 0 Å². The Morgan fingerprint density at radius 2 is 1.77 bits per heavy atom. The minimum Gasteiger partial charge on any atom is -0.354 e. The first-order valence-corrected chi connectivity index (χ1v) is 12.2. The number of hydrogen-bond acceptors (Lipinski definition) is 4. The fraction of sp³-hybridized carbons (Fsp3) is 0.440. The van der Waals surface area contributed by atoms with Crippen LogP contribution >= 0.6 is 11.3 Å². The highest BCUT2D eigenvalue weighted by molar-refractivity contribution is 7.10. The lowest BCUT2D eigenvalue weighted by Gasteiger charge is -2.32. The molecule has 4 rings (SSSR count). The van der Waals surface area contributed by atoms with Crippen LogP contribution in [0, 0.1) is 5.92 Å². The topological polar surface area (TPSA) is 52.7 Å². The summed E-state index contributed by atoms with van der Waals surface area (Å²) in [4.78, 5) is 31.0. The highest BCUT2D eigenvalue weighted by Gasteiger charge is 2.29. The molecule has 6 heteroatoms. The van der Waals surface area contributed by atoms with Crippen molar-refractivity contribution in [2.45, 2.75) is 31.7 Å². The van der Waals surface area contributed by atoms with E-state index in [1.54, 1.807) is 17.4 Å². The Labute approximate surface area is 188 Å². The first kappa shape index (κ1) is 21.8. The molecule has 2 aliphatic rings. The van der Waals surface area contributed by atoms with Crippen molar-refractivity contribution in [1.29, 1.82) is 0 Å². The van der Waals surface area contributed by atoms with Gasteiger partial charge in [0, 0.05) is 36.5 Å². The summed E-state index contributed by atoms with van der Waals surface area (Å²) >= 11 is 1.77. The molecule has 1 N–H and O–H groups in total. The second kappa shape index (κ2) is 10.7. The molecule has 0 aliphatic carbocycles. The van der Waals surface area contributed by atoms with Gasteiger partial charge in [-0.2, -0.15) is 0 Å². The van der Waals surface area contributed by atoms with Gasteiger partial charge in [0.25, 0.3) is 0 Å². The van der Waals surface area contributed by atoms with Gasteiger partial charge in [0.15, 0.2) is 0 Å². The number of piperidine rings is 1. The molecule has 2 aliphatic heterocycles. The lowest BCUT2D eigenvalue weighted by atomic mass is 9.95. The quantitative estimate of drug-likeness (QED) is 0.668. The van der Waals surface area contributed by atoms with Gasteiger partial charge < -0.3 is 10.2 Å². The van der Waals surface area contributed by atoms with Crippen LogP contribution < -0.4 is 5.32 Å². The average Bonchev–Trinajstić information content (AvgIpc) is 3.53. The molecule has 1 atom stereocenters. The summed E-state index contributed by atoms with van der Waals surface area (Å²) in [5, 5.41) is 5.33. The number of rotatable bonds is 7. The first-order chi connectivity index (χ1) is 15.2. The molecule has 0 bridgehead atoms. The van der Waals surface area contributed by atoms with Gasteiger partial charge in [-0.1, -0.05) is 36.4 Å². The maximum Gasteiger partial charge on any atom is 0.246 e. The van der Waals surface area contributed by atoms with E-state index in [1.165, 1.54) is 17.7 Å². The molecule has 31 heavy (non-hydrogen) atoms. The van der Waals surface area contributed by atoms with Crippen molar-refractivity contribution >= 4 is 29.2 Å². The molecule has 0 saturated carbocycles. The molecule has 0 radical (unpaired) electrons. The third-order valence-corrected chi connectivity index (χ3v) is 7.29. The number of nitrogens with one attached hydrogen (secondary N) is 1. The number of thiophene rings is 1. The Bertz CT molecular complexity index is 867. The summed E-state index contributed by atoms with van der Waals surface area (Å²) in [5.74, 6) is 0.145. The van der Waals surface area contributed by atoms with Crippen LogP contribution in [0.4, 0.5) is 0 Å². The van der Waals surface area contributed by atoms with Crippen molar-refractivity contribution in [2.24, 2.45) is 5.92 Å². The number of nitrogens with zero attached hydrogens (tertiary/aromatic N) is 2. The van der Waals surface area contributed by atoms with Gasteiger partial charge in [0.2, 0.25) is 11.8 Å². The average molecular weight is 438 g/mol. The smallest absolute Gasteiger partial charge is 0.246 e. The van der Waals surface area contributed by atoms with E-state index in [0.717, 1.165) is 31.5 Å². The minimum absolute atomic E-state index is 0.00952. The van der Waals surface area contributed by atoms with Crippen LogP contribution in [0.3, 0.4) is 0 Å². The molecule has 2 fully saturated rings. The molecule has 164 valence electrons. The van der Waals surface area contributed by atoms with E-state index in [4.69, 9.17) is 0 Å². The SMILES string of the molecule is O=C(NCC(c1cccs1)N1CCCC1)C1CCN(C(=O)/C=C/c2ccccc2)CC1. The summed E-state index contributed by atoms with van der Waals surface area (Å²) in [6.07, 6.45) is 7.41. The van der Waals surface area contributed by atoms with E-state index in [0.29, 0.717) is 19.6 Å². The number of carbonyl (C=O) groups excluding carboxylic acids is 2. The first-order valence-electron chi connectivity index (χ1n) is 11.3. The predicted molar refractivity (Wildman–Crippen MR) is 126 cm³/mol. The van der Waals surface area contributed by atoms with Crippen molar-refractivity contribution in [3.63, 3.8) is 0 Å². The van der Waals surface area contributed by atoms with Crippen LogP contribution in [-0.2, 0) is 9.59 Å². The van der Waals surface area contributed by atoms with E-state index >= 15 is 0 Å². The number of hydrogen-bond donors (Lipinski definition) is 1. The van der Waals surface area contributed by atoms with Crippen molar-refractivity contribution in [2.75, 3.05) is 32.7 Å². The number of benzene rings is 1. The lowest BCUT2D eigenvalue weighted by Crippen LogP contribution is -2.44. The van der Waals surface area contributed by atoms with Crippen LogP contribution in [-0.4, -0.2) is 54.3 Å². The van der Waals surface area contributed by atoms with Crippen LogP contribution in [0.25, 0.3) is 6.08 Å². The molecule has 1 unspecified atom stereocenters. The van der Waals surface area contributed by atoms with Crippen LogP contribution in [0.2, 0.25) is 0 Å². The zero-order valence-electron chi connectivity index (χ0n) is 17.9. The van der Waals surface area contributed by atoms with E-state index in [2.05, 4.69) is 27.7 Å². The summed E-state index contributed by atoms with van der Waals surface area (Å²) in [5.41, 5.74) is 1.02. The highest BCUT2D eigenvalue weighted by Crippen LogP contribution is 2.28. The minimum atomic E-state index is -0.00952.